The SMILES string of the molecule is C[C@@H]1CC[C@H](C)[C@]2(CC[C@@H](CN)O2)C1. The number of ether oxygens (including phenoxy) is 1. The van der Waals surface area contributed by atoms with E-state index in [1.165, 1.54) is 32.1 Å². The second-order valence-electron chi connectivity index (χ2n) is 5.37. The van der Waals surface area contributed by atoms with E-state index in [0.717, 1.165) is 11.8 Å². The van der Waals surface area contributed by atoms with E-state index in [1.807, 2.05) is 0 Å². The minimum absolute atomic E-state index is 0.196. The first-order valence-corrected chi connectivity index (χ1v) is 6.04. The van der Waals surface area contributed by atoms with Crippen LogP contribution < -0.4 is 5.73 Å². The summed E-state index contributed by atoms with van der Waals surface area (Å²) >= 11 is 0. The number of nitrogens with two attached hydrogens (primary N) is 1. The molecule has 2 N–H and O–H groups in total. The topological polar surface area (TPSA) is 35.2 Å². The van der Waals surface area contributed by atoms with Gasteiger partial charge in [-0.15, -0.1) is 0 Å². The number of rotatable bonds is 1. The standard InChI is InChI=1S/C12H23NO/c1-9-3-4-10(2)12(7-9)6-5-11(8-13)14-12/h9-11H,3-8,13H2,1-2H3/t9-,10+,11+,12+/m1/s1. The minimum atomic E-state index is 0.196. The summed E-state index contributed by atoms with van der Waals surface area (Å²) in [6.07, 6.45) is 6.71. The highest BCUT2D eigenvalue weighted by Crippen LogP contribution is 2.47. The fourth-order valence-corrected chi connectivity index (χ4v) is 3.22. The third kappa shape index (κ3) is 1.70. The smallest absolute Gasteiger partial charge is 0.0715 e. The molecule has 0 aromatic heterocycles. The van der Waals surface area contributed by atoms with E-state index >= 15 is 0 Å². The normalized spacial score (nSPS) is 48.6. The lowest BCUT2D eigenvalue weighted by atomic mass is 9.71. The van der Waals surface area contributed by atoms with Gasteiger partial charge < -0.3 is 10.5 Å². The Morgan fingerprint density at radius 2 is 2.07 bits per heavy atom. The molecular weight excluding hydrogens is 174 g/mol. The molecule has 0 aromatic rings. The molecule has 0 aromatic carbocycles. The molecule has 0 radical (unpaired) electrons. The molecule has 2 rings (SSSR count). The van der Waals surface area contributed by atoms with Crippen LogP contribution >= 0.6 is 0 Å². The molecule has 1 saturated carbocycles. The van der Waals surface area contributed by atoms with Crippen LogP contribution in [-0.4, -0.2) is 18.2 Å². The van der Waals surface area contributed by atoms with E-state index in [2.05, 4.69) is 13.8 Å². The Bertz CT molecular complexity index is 206. The van der Waals surface area contributed by atoms with Crippen LogP contribution in [0.3, 0.4) is 0 Å². The summed E-state index contributed by atoms with van der Waals surface area (Å²) in [6, 6.07) is 0. The van der Waals surface area contributed by atoms with Crippen molar-refractivity contribution in [1.82, 2.24) is 0 Å². The average molecular weight is 197 g/mol. The molecule has 1 aliphatic carbocycles. The van der Waals surface area contributed by atoms with Crippen LogP contribution in [0.1, 0.15) is 46.0 Å². The first-order chi connectivity index (χ1) is 6.66. The summed E-state index contributed by atoms with van der Waals surface area (Å²) < 4.78 is 6.20. The molecular formula is C12H23NO. The lowest BCUT2D eigenvalue weighted by molar-refractivity contribution is -0.103. The van der Waals surface area contributed by atoms with Crippen molar-refractivity contribution < 1.29 is 4.74 Å². The summed E-state index contributed by atoms with van der Waals surface area (Å²) in [5.74, 6) is 1.57. The molecule has 1 spiro atoms. The van der Waals surface area contributed by atoms with Crippen LogP contribution in [0.5, 0.6) is 0 Å². The van der Waals surface area contributed by atoms with Gasteiger partial charge in [0.15, 0.2) is 0 Å². The third-order valence-electron chi connectivity index (χ3n) is 4.24. The van der Waals surface area contributed by atoms with Crippen molar-refractivity contribution >= 4 is 0 Å². The van der Waals surface area contributed by atoms with Crippen LogP contribution in [0.15, 0.2) is 0 Å². The zero-order chi connectivity index (χ0) is 10.2. The zero-order valence-corrected chi connectivity index (χ0v) is 9.46. The maximum absolute atomic E-state index is 6.20. The van der Waals surface area contributed by atoms with Crippen molar-refractivity contribution in [1.29, 1.82) is 0 Å². The third-order valence-corrected chi connectivity index (χ3v) is 4.24. The van der Waals surface area contributed by atoms with Gasteiger partial charge in [-0.25, -0.2) is 0 Å². The van der Waals surface area contributed by atoms with E-state index < -0.39 is 0 Å². The van der Waals surface area contributed by atoms with Crippen molar-refractivity contribution in [3.63, 3.8) is 0 Å². The van der Waals surface area contributed by atoms with Gasteiger partial charge in [-0.05, 0) is 37.5 Å². The van der Waals surface area contributed by atoms with Crippen molar-refractivity contribution in [3.05, 3.63) is 0 Å². The molecule has 0 unspecified atom stereocenters. The van der Waals surface area contributed by atoms with E-state index in [0.29, 0.717) is 12.6 Å². The summed E-state index contributed by atoms with van der Waals surface area (Å²) in [4.78, 5) is 0. The quantitative estimate of drug-likeness (QED) is 0.700. The first kappa shape index (κ1) is 10.4. The van der Waals surface area contributed by atoms with Crippen molar-refractivity contribution in [2.45, 2.75) is 57.7 Å². The molecule has 0 bridgehead atoms. The monoisotopic (exact) mass is 197 g/mol. The van der Waals surface area contributed by atoms with Gasteiger partial charge in [0.2, 0.25) is 0 Å². The Morgan fingerprint density at radius 1 is 1.29 bits per heavy atom. The maximum Gasteiger partial charge on any atom is 0.0715 e. The highest BCUT2D eigenvalue weighted by molar-refractivity contribution is 4.97. The number of hydrogen-bond acceptors (Lipinski definition) is 2. The fourth-order valence-electron chi connectivity index (χ4n) is 3.22. The van der Waals surface area contributed by atoms with Crippen LogP contribution in [-0.2, 0) is 4.74 Å². The van der Waals surface area contributed by atoms with Gasteiger partial charge in [0.25, 0.3) is 0 Å². The molecule has 1 heterocycles. The van der Waals surface area contributed by atoms with Crippen LogP contribution in [0.2, 0.25) is 0 Å². The summed E-state index contributed by atoms with van der Waals surface area (Å²) in [7, 11) is 0. The predicted octanol–water partition coefficient (Wildman–Crippen LogP) is 2.32. The molecule has 2 nitrogen and oxygen atoms in total. The molecule has 1 saturated heterocycles. The summed E-state index contributed by atoms with van der Waals surface area (Å²) in [5, 5.41) is 0. The van der Waals surface area contributed by atoms with Gasteiger partial charge in [0, 0.05) is 6.54 Å². The van der Waals surface area contributed by atoms with Gasteiger partial charge in [-0.3, -0.25) is 0 Å². The van der Waals surface area contributed by atoms with Gasteiger partial charge in [0.1, 0.15) is 0 Å². The fraction of sp³-hybridized carbons (Fsp3) is 1.00. The van der Waals surface area contributed by atoms with Crippen molar-refractivity contribution in [3.8, 4) is 0 Å². The molecule has 2 fully saturated rings. The zero-order valence-electron chi connectivity index (χ0n) is 9.46. The van der Waals surface area contributed by atoms with Gasteiger partial charge in [0.05, 0.1) is 11.7 Å². The molecule has 1 aliphatic heterocycles. The predicted molar refractivity (Wildman–Crippen MR) is 58.1 cm³/mol. The largest absolute Gasteiger partial charge is 0.370 e. The molecule has 0 amide bonds. The molecule has 14 heavy (non-hydrogen) atoms. The molecule has 82 valence electrons. The Labute approximate surface area is 87.2 Å². The lowest BCUT2D eigenvalue weighted by Crippen LogP contribution is -2.42. The first-order valence-electron chi connectivity index (χ1n) is 6.04. The second kappa shape index (κ2) is 3.82. The second-order valence-corrected chi connectivity index (χ2v) is 5.37. The Balaban J connectivity index is 2.06. The van der Waals surface area contributed by atoms with E-state index in [9.17, 15) is 0 Å². The van der Waals surface area contributed by atoms with E-state index in [-0.39, 0.29) is 5.60 Å². The summed E-state index contributed by atoms with van der Waals surface area (Å²) in [6.45, 7) is 5.40. The van der Waals surface area contributed by atoms with Gasteiger partial charge >= 0.3 is 0 Å². The highest BCUT2D eigenvalue weighted by atomic mass is 16.5. The molecule has 2 heteroatoms. The Kier molecular flexibility index (Phi) is 2.85. The Hall–Kier alpha value is -0.0800. The van der Waals surface area contributed by atoms with Crippen LogP contribution in [0, 0.1) is 11.8 Å². The van der Waals surface area contributed by atoms with Crippen LogP contribution in [0.25, 0.3) is 0 Å². The van der Waals surface area contributed by atoms with Gasteiger partial charge in [-0.1, -0.05) is 20.3 Å². The molecule has 4 atom stereocenters. The van der Waals surface area contributed by atoms with Gasteiger partial charge in [-0.2, -0.15) is 0 Å². The van der Waals surface area contributed by atoms with E-state index in [1.54, 1.807) is 0 Å². The highest BCUT2D eigenvalue weighted by Gasteiger charge is 2.46. The molecule has 2 aliphatic rings. The minimum Gasteiger partial charge on any atom is -0.370 e. The maximum atomic E-state index is 6.20. The van der Waals surface area contributed by atoms with Crippen LogP contribution in [0.4, 0.5) is 0 Å². The Morgan fingerprint density at radius 3 is 2.71 bits per heavy atom. The lowest BCUT2D eigenvalue weighted by Gasteiger charge is -2.42. The average Bonchev–Trinajstić information content (AvgIpc) is 2.57. The number of hydrogen-bond donors (Lipinski definition) is 1. The van der Waals surface area contributed by atoms with Crippen molar-refractivity contribution in [2.75, 3.05) is 6.54 Å². The summed E-state index contributed by atoms with van der Waals surface area (Å²) in [5.41, 5.74) is 5.88. The van der Waals surface area contributed by atoms with Crippen molar-refractivity contribution in [2.24, 2.45) is 17.6 Å². The van der Waals surface area contributed by atoms with E-state index in [4.69, 9.17) is 10.5 Å².